The van der Waals surface area contributed by atoms with E-state index in [0.717, 1.165) is 15.4 Å². The predicted molar refractivity (Wildman–Crippen MR) is 120 cm³/mol. The van der Waals surface area contributed by atoms with Gasteiger partial charge in [0.2, 0.25) is 0 Å². The van der Waals surface area contributed by atoms with Gasteiger partial charge in [0, 0.05) is 5.56 Å². The van der Waals surface area contributed by atoms with Crippen molar-refractivity contribution in [1.82, 2.24) is 15.0 Å². The van der Waals surface area contributed by atoms with Gasteiger partial charge in [0.15, 0.2) is 0 Å². The lowest BCUT2D eigenvalue weighted by Gasteiger charge is -2.08. The summed E-state index contributed by atoms with van der Waals surface area (Å²) in [5.74, 6) is 0.274. The number of nitrogens with zero attached hydrogens (tertiary/aromatic N) is 4. The number of benzene rings is 3. The van der Waals surface area contributed by atoms with E-state index in [1.165, 1.54) is 66.2 Å². The molecule has 0 atom stereocenters. The van der Waals surface area contributed by atoms with Gasteiger partial charge in [0.1, 0.15) is 56.6 Å². The summed E-state index contributed by atoms with van der Waals surface area (Å²) >= 11 is 1.43. The first-order chi connectivity index (χ1) is 16.0. The Morgan fingerprint density at radius 2 is 1.64 bits per heavy atom. The Morgan fingerprint density at radius 3 is 2.27 bits per heavy atom. The number of halogens is 2. The molecule has 2 aromatic heterocycles. The Hall–Kier alpha value is -4.42. The summed E-state index contributed by atoms with van der Waals surface area (Å²) in [4.78, 5) is 13.4. The molecule has 0 amide bonds. The maximum atomic E-state index is 13.0. The Morgan fingerprint density at radius 1 is 0.939 bits per heavy atom. The topological polar surface area (TPSA) is 91.9 Å². The molecule has 6 nitrogen and oxygen atoms in total. The highest BCUT2D eigenvalue weighted by Crippen LogP contribution is 2.33. The second-order valence-electron chi connectivity index (χ2n) is 6.59. The van der Waals surface area contributed by atoms with Crippen LogP contribution in [0.5, 0.6) is 17.2 Å². The average molecular weight is 460 g/mol. The Labute approximate surface area is 191 Å². The van der Waals surface area contributed by atoms with E-state index < -0.39 is 0 Å². The molecule has 5 aromatic rings. The summed E-state index contributed by atoms with van der Waals surface area (Å²) in [5.41, 5.74) is 1.88. The Balaban J connectivity index is 0.000000275. The van der Waals surface area contributed by atoms with Crippen LogP contribution in [0.15, 0.2) is 79.3 Å². The highest BCUT2D eigenvalue weighted by Gasteiger charge is 2.11. The lowest BCUT2D eigenvalue weighted by molar-refractivity contribution is 0.473. The van der Waals surface area contributed by atoms with Crippen molar-refractivity contribution in [2.24, 2.45) is 0 Å². The summed E-state index contributed by atoms with van der Waals surface area (Å²) in [6.45, 7) is 0. The molecule has 0 spiro atoms. The van der Waals surface area contributed by atoms with E-state index in [0.29, 0.717) is 22.6 Å². The minimum Gasteiger partial charge on any atom is -0.508 e. The quantitative estimate of drug-likeness (QED) is 0.350. The smallest absolute Gasteiger partial charge is 0.147 e. The van der Waals surface area contributed by atoms with Crippen LogP contribution in [0.3, 0.4) is 0 Å². The molecule has 5 rings (SSSR count). The molecule has 1 N–H and O–H groups in total. The number of aromatic nitrogens is 3. The van der Waals surface area contributed by atoms with Gasteiger partial charge >= 0.3 is 0 Å². The van der Waals surface area contributed by atoms with E-state index in [4.69, 9.17) is 9.84 Å². The van der Waals surface area contributed by atoms with Crippen molar-refractivity contribution in [1.29, 1.82) is 5.26 Å². The molecule has 33 heavy (non-hydrogen) atoms. The molecule has 0 radical (unpaired) electrons. The summed E-state index contributed by atoms with van der Waals surface area (Å²) in [5, 5.41) is 18.8. The normalized spacial score (nSPS) is 10.2. The Kier molecular flexibility index (Phi) is 6.48. The number of ether oxygens (including phenoxy) is 1. The zero-order chi connectivity index (χ0) is 23.2. The fourth-order valence-electron chi connectivity index (χ4n) is 2.72. The van der Waals surface area contributed by atoms with Crippen LogP contribution in [-0.4, -0.2) is 20.1 Å². The van der Waals surface area contributed by atoms with Gasteiger partial charge in [0.25, 0.3) is 0 Å². The van der Waals surface area contributed by atoms with Crippen LogP contribution in [0.4, 0.5) is 8.78 Å². The van der Waals surface area contributed by atoms with E-state index >= 15 is 0 Å². The largest absolute Gasteiger partial charge is 0.508 e. The molecule has 0 saturated heterocycles. The monoisotopic (exact) mass is 460 g/mol. The van der Waals surface area contributed by atoms with Gasteiger partial charge < -0.3 is 9.84 Å². The lowest BCUT2D eigenvalue weighted by atomic mass is 10.1. The molecule has 0 fully saturated rings. The van der Waals surface area contributed by atoms with E-state index in [1.807, 2.05) is 6.07 Å². The number of aromatic hydroxyl groups is 1. The minimum atomic E-state index is -0.345. The number of fused-ring (bicyclic) bond motifs is 1. The van der Waals surface area contributed by atoms with Crippen LogP contribution >= 0.6 is 11.3 Å². The van der Waals surface area contributed by atoms with E-state index in [9.17, 15) is 14.0 Å². The molecule has 0 aliphatic carbocycles. The molecule has 3 aromatic carbocycles. The van der Waals surface area contributed by atoms with Crippen LogP contribution < -0.4 is 4.74 Å². The van der Waals surface area contributed by atoms with Crippen LogP contribution in [0.2, 0.25) is 0 Å². The van der Waals surface area contributed by atoms with Gasteiger partial charge in [-0.25, -0.2) is 23.7 Å². The van der Waals surface area contributed by atoms with Crippen LogP contribution in [0.1, 0.15) is 5.56 Å². The molecule has 9 heteroatoms. The predicted octanol–water partition coefficient (Wildman–Crippen LogP) is 6.09. The lowest BCUT2D eigenvalue weighted by Crippen LogP contribution is -1.89. The van der Waals surface area contributed by atoms with Gasteiger partial charge in [-0.3, -0.25) is 0 Å². The minimum absolute atomic E-state index is 0.0893. The van der Waals surface area contributed by atoms with Crippen molar-refractivity contribution in [2.45, 2.75) is 0 Å². The molecule has 2 heterocycles. The summed E-state index contributed by atoms with van der Waals surface area (Å²) in [6, 6.07) is 18.0. The van der Waals surface area contributed by atoms with Gasteiger partial charge in [-0.15, -0.1) is 0 Å². The van der Waals surface area contributed by atoms with Crippen molar-refractivity contribution in [3.05, 3.63) is 96.5 Å². The molecule has 0 aliphatic rings. The summed E-state index contributed by atoms with van der Waals surface area (Å²) < 4.78 is 30.6. The highest BCUT2D eigenvalue weighted by atomic mass is 32.1. The first-order valence-corrected chi connectivity index (χ1v) is 10.3. The standard InChI is InChI=1S/C18H9FN4OS.C6H5FO/c19-13-2-4-14(5-3-13)24-16-6-1-11(7-12(16)8-20)17-23-15-9-21-10-22-18(15)25-17;7-5-1-3-6(8)4-2-5/h1-7,9-10H;1-4,8H. The van der Waals surface area contributed by atoms with Gasteiger partial charge in [-0.1, -0.05) is 11.3 Å². The SMILES string of the molecule is N#Cc1cc(-c2nc3cncnc3s2)ccc1Oc1ccc(F)cc1.Oc1ccc(F)cc1. The van der Waals surface area contributed by atoms with Crippen molar-refractivity contribution in [3.63, 3.8) is 0 Å². The maximum Gasteiger partial charge on any atom is 0.147 e. The van der Waals surface area contributed by atoms with Crippen molar-refractivity contribution in [3.8, 4) is 33.9 Å². The van der Waals surface area contributed by atoms with Crippen molar-refractivity contribution < 1.29 is 18.6 Å². The number of thiazole rings is 1. The zero-order valence-corrected chi connectivity index (χ0v) is 17.6. The second kappa shape index (κ2) is 9.80. The number of rotatable bonds is 3. The zero-order valence-electron chi connectivity index (χ0n) is 16.8. The number of phenols is 1. The maximum absolute atomic E-state index is 13.0. The first kappa shape index (κ1) is 21.8. The third-order valence-electron chi connectivity index (χ3n) is 4.29. The molecule has 0 unspecified atom stereocenters. The number of nitriles is 1. The summed E-state index contributed by atoms with van der Waals surface area (Å²) in [6.07, 6.45) is 3.13. The molecule has 0 aliphatic heterocycles. The van der Waals surface area contributed by atoms with Gasteiger partial charge in [0.05, 0.1) is 11.8 Å². The third-order valence-corrected chi connectivity index (χ3v) is 5.32. The van der Waals surface area contributed by atoms with E-state index in [2.05, 4.69) is 21.0 Å². The molecule has 0 saturated carbocycles. The third kappa shape index (κ3) is 5.44. The molecular formula is C24H14F2N4O2S. The van der Waals surface area contributed by atoms with E-state index in [1.54, 1.807) is 18.3 Å². The second-order valence-corrected chi connectivity index (χ2v) is 7.56. The van der Waals surface area contributed by atoms with Crippen molar-refractivity contribution >= 4 is 21.7 Å². The van der Waals surface area contributed by atoms with Crippen LogP contribution in [0, 0.1) is 23.0 Å². The number of phenolic OH excluding ortho intramolecular Hbond substituents is 1. The molecular weight excluding hydrogens is 446 g/mol. The first-order valence-electron chi connectivity index (χ1n) is 9.51. The fraction of sp³-hybridized carbons (Fsp3) is 0. The number of hydrogen-bond acceptors (Lipinski definition) is 7. The van der Waals surface area contributed by atoms with Gasteiger partial charge in [-0.05, 0) is 66.7 Å². The number of hydrogen-bond donors (Lipinski definition) is 1. The van der Waals surface area contributed by atoms with Crippen LogP contribution in [0.25, 0.3) is 20.9 Å². The van der Waals surface area contributed by atoms with Crippen molar-refractivity contribution in [2.75, 3.05) is 0 Å². The fourth-order valence-corrected chi connectivity index (χ4v) is 3.60. The average Bonchev–Trinajstić information content (AvgIpc) is 3.27. The van der Waals surface area contributed by atoms with Gasteiger partial charge in [-0.2, -0.15) is 5.26 Å². The molecule has 162 valence electrons. The Bertz CT molecular complexity index is 1380. The summed E-state index contributed by atoms with van der Waals surface area (Å²) in [7, 11) is 0. The van der Waals surface area contributed by atoms with E-state index in [-0.39, 0.29) is 17.4 Å². The molecule has 0 bridgehead atoms. The van der Waals surface area contributed by atoms with Crippen LogP contribution in [-0.2, 0) is 0 Å². The highest BCUT2D eigenvalue weighted by molar-refractivity contribution is 7.21.